The van der Waals surface area contributed by atoms with Crippen LogP contribution in [0.25, 0.3) is 0 Å². The molecule has 0 aliphatic rings. The SMILES string of the molecule is CC(C)c1ccc(NC(C)c2ccc(Cl)cc2)cc1. The van der Waals surface area contributed by atoms with Gasteiger partial charge in [0.1, 0.15) is 0 Å². The van der Waals surface area contributed by atoms with Gasteiger partial charge in [-0.25, -0.2) is 0 Å². The third-order valence-electron chi connectivity index (χ3n) is 3.33. The van der Waals surface area contributed by atoms with E-state index >= 15 is 0 Å². The normalized spacial score (nSPS) is 12.5. The van der Waals surface area contributed by atoms with Gasteiger partial charge < -0.3 is 5.32 Å². The van der Waals surface area contributed by atoms with Crippen LogP contribution in [0, 0.1) is 0 Å². The predicted molar refractivity (Wildman–Crippen MR) is 84.0 cm³/mol. The van der Waals surface area contributed by atoms with Gasteiger partial charge in [0.05, 0.1) is 0 Å². The van der Waals surface area contributed by atoms with Gasteiger partial charge in [-0.3, -0.25) is 0 Å². The number of rotatable bonds is 4. The Labute approximate surface area is 120 Å². The average Bonchev–Trinajstić information content (AvgIpc) is 2.40. The zero-order valence-electron chi connectivity index (χ0n) is 11.7. The number of hydrogen-bond acceptors (Lipinski definition) is 1. The molecule has 1 nitrogen and oxygen atoms in total. The van der Waals surface area contributed by atoms with Crippen molar-refractivity contribution >= 4 is 17.3 Å². The number of hydrogen-bond donors (Lipinski definition) is 1. The van der Waals surface area contributed by atoms with Crippen molar-refractivity contribution in [3.05, 3.63) is 64.7 Å². The van der Waals surface area contributed by atoms with E-state index in [1.807, 2.05) is 12.1 Å². The molecule has 0 aliphatic heterocycles. The highest BCUT2D eigenvalue weighted by Gasteiger charge is 2.05. The number of anilines is 1. The van der Waals surface area contributed by atoms with Crippen LogP contribution < -0.4 is 5.32 Å². The molecule has 2 aromatic carbocycles. The second-order valence-corrected chi connectivity index (χ2v) is 5.63. The topological polar surface area (TPSA) is 12.0 Å². The fourth-order valence-electron chi connectivity index (χ4n) is 2.05. The standard InChI is InChI=1S/C17H20ClN/c1-12(2)14-6-10-17(11-7-14)19-13(3)15-4-8-16(18)9-5-15/h4-13,19H,1-3H3. The fraction of sp³-hybridized carbons (Fsp3) is 0.294. The summed E-state index contributed by atoms with van der Waals surface area (Å²) < 4.78 is 0. The minimum atomic E-state index is 0.266. The van der Waals surface area contributed by atoms with E-state index in [0.29, 0.717) is 5.92 Å². The van der Waals surface area contributed by atoms with E-state index in [0.717, 1.165) is 10.7 Å². The first-order valence-corrected chi connectivity index (χ1v) is 7.06. The van der Waals surface area contributed by atoms with E-state index in [9.17, 15) is 0 Å². The van der Waals surface area contributed by atoms with Gasteiger partial charge in [0, 0.05) is 16.8 Å². The summed E-state index contributed by atoms with van der Waals surface area (Å²) in [5.41, 5.74) is 3.74. The first-order valence-electron chi connectivity index (χ1n) is 6.68. The summed E-state index contributed by atoms with van der Waals surface area (Å²) >= 11 is 5.90. The highest BCUT2D eigenvalue weighted by Crippen LogP contribution is 2.22. The minimum absolute atomic E-state index is 0.266. The van der Waals surface area contributed by atoms with Gasteiger partial charge in [-0.2, -0.15) is 0 Å². The van der Waals surface area contributed by atoms with Gasteiger partial charge in [-0.15, -0.1) is 0 Å². The third kappa shape index (κ3) is 3.74. The molecule has 2 heteroatoms. The Morgan fingerprint density at radius 3 is 1.84 bits per heavy atom. The molecule has 19 heavy (non-hydrogen) atoms. The van der Waals surface area contributed by atoms with E-state index < -0.39 is 0 Å². The van der Waals surface area contributed by atoms with E-state index in [-0.39, 0.29) is 6.04 Å². The summed E-state index contributed by atoms with van der Waals surface area (Å²) in [4.78, 5) is 0. The first kappa shape index (κ1) is 14.0. The molecule has 0 saturated heterocycles. The Morgan fingerprint density at radius 1 is 0.789 bits per heavy atom. The molecule has 1 unspecified atom stereocenters. The van der Waals surface area contributed by atoms with Crippen LogP contribution in [0.4, 0.5) is 5.69 Å². The molecule has 0 fully saturated rings. The van der Waals surface area contributed by atoms with Gasteiger partial charge in [0.25, 0.3) is 0 Å². The Hall–Kier alpha value is -1.47. The molecule has 0 amide bonds. The van der Waals surface area contributed by atoms with E-state index in [2.05, 4.69) is 62.5 Å². The van der Waals surface area contributed by atoms with Crippen LogP contribution in [-0.4, -0.2) is 0 Å². The zero-order valence-corrected chi connectivity index (χ0v) is 12.4. The number of nitrogens with one attached hydrogen (secondary N) is 1. The van der Waals surface area contributed by atoms with Crippen LogP contribution >= 0.6 is 11.6 Å². The monoisotopic (exact) mass is 273 g/mol. The molecule has 0 aliphatic carbocycles. The maximum atomic E-state index is 5.90. The van der Waals surface area contributed by atoms with Crippen LogP contribution in [0.3, 0.4) is 0 Å². The maximum absolute atomic E-state index is 5.90. The molecule has 2 aromatic rings. The Kier molecular flexibility index (Phi) is 4.49. The molecule has 1 N–H and O–H groups in total. The quantitative estimate of drug-likeness (QED) is 0.760. The van der Waals surface area contributed by atoms with Crippen molar-refractivity contribution in [2.75, 3.05) is 5.32 Å². The van der Waals surface area contributed by atoms with Crippen LogP contribution in [0.5, 0.6) is 0 Å². The van der Waals surface area contributed by atoms with Crippen molar-refractivity contribution in [2.45, 2.75) is 32.7 Å². The van der Waals surface area contributed by atoms with Crippen molar-refractivity contribution in [2.24, 2.45) is 0 Å². The van der Waals surface area contributed by atoms with Crippen LogP contribution in [0.2, 0.25) is 5.02 Å². The third-order valence-corrected chi connectivity index (χ3v) is 3.58. The predicted octanol–water partition coefficient (Wildman–Crippen LogP) is 5.64. The minimum Gasteiger partial charge on any atom is -0.379 e. The van der Waals surface area contributed by atoms with Gasteiger partial charge in [0.2, 0.25) is 0 Å². The zero-order chi connectivity index (χ0) is 13.8. The molecule has 0 bridgehead atoms. The molecule has 2 rings (SSSR count). The summed E-state index contributed by atoms with van der Waals surface area (Å²) in [6.45, 7) is 6.57. The summed E-state index contributed by atoms with van der Waals surface area (Å²) in [7, 11) is 0. The number of halogens is 1. The fourth-order valence-corrected chi connectivity index (χ4v) is 2.18. The summed E-state index contributed by atoms with van der Waals surface area (Å²) in [6, 6.07) is 16.9. The maximum Gasteiger partial charge on any atom is 0.0485 e. The van der Waals surface area contributed by atoms with Crippen molar-refractivity contribution in [3.63, 3.8) is 0 Å². The Bertz CT molecular complexity index is 514. The summed E-state index contributed by atoms with van der Waals surface area (Å²) in [6.07, 6.45) is 0. The summed E-state index contributed by atoms with van der Waals surface area (Å²) in [5.74, 6) is 0.572. The lowest BCUT2D eigenvalue weighted by atomic mass is 10.0. The number of benzene rings is 2. The molecule has 100 valence electrons. The molecular formula is C17H20ClN. The van der Waals surface area contributed by atoms with Gasteiger partial charge in [-0.1, -0.05) is 49.7 Å². The van der Waals surface area contributed by atoms with Crippen LogP contribution in [-0.2, 0) is 0 Å². The smallest absolute Gasteiger partial charge is 0.0485 e. The molecule has 0 heterocycles. The lowest BCUT2D eigenvalue weighted by molar-refractivity contribution is 0.862. The lowest BCUT2D eigenvalue weighted by Crippen LogP contribution is -2.06. The molecule has 0 radical (unpaired) electrons. The summed E-state index contributed by atoms with van der Waals surface area (Å²) in [5, 5.41) is 4.28. The average molecular weight is 274 g/mol. The van der Waals surface area contributed by atoms with Crippen molar-refractivity contribution < 1.29 is 0 Å². The second-order valence-electron chi connectivity index (χ2n) is 5.19. The molecule has 0 aromatic heterocycles. The molecule has 0 saturated carbocycles. The second kappa shape index (κ2) is 6.12. The highest BCUT2D eigenvalue weighted by molar-refractivity contribution is 6.30. The van der Waals surface area contributed by atoms with Crippen LogP contribution in [0.1, 0.15) is 43.9 Å². The molecule has 1 atom stereocenters. The Morgan fingerprint density at radius 2 is 1.32 bits per heavy atom. The Balaban J connectivity index is 2.06. The molecule has 0 spiro atoms. The van der Waals surface area contributed by atoms with E-state index in [4.69, 9.17) is 11.6 Å². The lowest BCUT2D eigenvalue weighted by Gasteiger charge is -2.16. The van der Waals surface area contributed by atoms with Crippen LogP contribution in [0.15, 0.2) is 48.5 Å². The van der Waals surface area contributed by atoms with Crippen molar-refractivity contribution in [1.29, 1.82) is 0 Å². The largest absolute Gasteiger partial charge is 0.379 e. The molecular weight excluding hydrogens is 254 g/mol. The van der Waals surface area contributed by atoms with Crippen molar-refractivity contribution in [1.82, 2.24) is 0 Å². The van der Waals surface area contributed by atoms with Gasteiger partial charge >= 0.3 is 0 Å². The van der Waals surface area contributed by atoms with E-state index in [1.54, 1.807) is 0 Å². The first-order chi connectivity index (χ1) is 9.06. The van der Waals surface area contributed by atoms with Gasteiger partial charge in [-0.05, 0) is 48.2 Å². The van der Waals surface area contributed by atoms with Gasteiger partial charge in [0.15, 0.2) is 0 Å². The van der Waals surface area contributed by atoms with E-state index in [1.165, 1.54) is 11.1 Å². The highest BCUT2D eigenvalue weighted by atomic mass is 35.5. The van der Waals surface area contributed by atoms with Crippen molar-refractivity contribution in [3.8, 4) is 0 Å².